The van der Waals surface area contributed by atoms with E-state index in [1.165, 1.54) is 17.2 Å². The van der Waals surface area contributed by atoms with Gasteiger partial charge in [-0.15, -0.1) is 0 Å². The maximum Gasteiger partial charge on any atom is 0.132 e. The third-order valence-corrected chi connectivity index (χ3v) is 5.35. The number of halogens is 1. The van der Waals surface area contributed by atoms with Crippen molar-refractivity contribution < 1.29 is 4.39 Å². The maximum absolute atomic E-state index is 14.7. The van der Waals surface area contributed by atoms with Gasteiger partial charge < -0.3 is 11.1 Å². The largest absolute Gasteiger partial charge is 0.383 e. The number of amidine groups is 1. The third-order valence-electron chi connectivity index (χ3n) is 5.35. The first-order valence-electron chi connectivity index (χ1n) is 9.65. The van der Waals surface area contributed by atoms with Crippen molar-refractivity contribution in [2.45, 2.75) is 25.4 Å². The minimum Gasteiger partial charge on any atom is -0.383 e. The molecule has 0 heterocycles. The van der Waals surface area contributed by atoms with E-state index in [0.717, 1.165) is 36.9 Å². The van der Waals surface area contributed by atoms with Crippen molar-refractivity contribution in [1.29, 1.82) is 5.41 Å². The van der Waals surface area contributed by atoms with Crippen molar-refractivity contribution in [3.05, 3.63) is 94.8 Å². The summed E-state index contributed by atoms with van der Waals surface area (Å²) in [5.74, 6) is -0.233. The highest BCUT2D eigenvalue weighted by Crippen LogP contribution is 2.25. The summed E-state index contributed by atoms with van der Waals surface area (Å²) in [7, 11) is 0. The smallest absolute Gasteiger partial charge is 0.132 e. The molecule has 0 atom stereocenters. The number of fused-ring (bicyclic) bond motifs is 1. The van der Waals surface area contributed by atoms with Crippen LogP contribution in [-0.2, 0) is 19.4 Å². The fourth-order valence-corrected chi connectivity index (χ4v) is 3.87. The minimum atomic E-state index is -0.359. The Kier molecular flexibility index (Phi) is 5.49. The van der Waals surface area contributed by atoms with Crippen LogP contribution in [0.1, 0.15) is 22.3 Å². The van der Waals surface area contributed by atoms with E-state index in [-0.39, 0.29) is 11.7 Å². The van der Waals surface area contributed by atoms with E-state index in [2.05, 4.69) is 40.6 Å². The molecule has 1 aliphatic carbocycles. The van der Waals surface area contributed by atoms with Gasteiger partial charge in [-0.1, -0.05) is 54.6 Å². The van der Waals surface area contributed by atoms with Gasteiger partial charge in [0.2, 0.25) is 0 Å². The predicted octanol–water partition coefficient (Wildman–Crippen LogP) is 4.06. The zero-order chi connectivity index (χ0) is 20.2. The molecule has 29 heavy (non-hydrogen) atoms. The molecule has 0 saturated heterocycles. The molecule has 0 spiro atoms. The normalized spacial score (nSPS) is 14.0. The van der Waals surface area contributed by atoms with E-state index in [0.29, 0.717) is 17.2 Å². The standard InChI is InChI=1S/C24H23FN4/c25-23-13-20(24(27)29-15-26)8-9-22(23)19-7-3-4-16(10-19)14-28-21-11-17-5-1-2-6-18(17)12-21/h1-10,13,15,21,28H,11-12,14H2,(H3,26,27,29). The molecule has 4 N–H and O–H groups in total. The molecule has 3 aromatic carbocycles. The Morgan fingerprint density at radius 2 is 1.83 bits per heavy atom. The van der Waals surface area contributed by atoms with Crippen molar-refractivity contribution >= 4 is 12.2 Å². The molecule has 0 bridgehead atoms. The zero-order valence-electron chi connectivity index (χ0n) is 16.0. The second kappa shape index (κ2) is 8.37. The molecule has 1 aliphatic rings. The quantitative estimate of drug-likeness (QED) is 0.441. The van der Waals surface area contributed by atoms with E-state index in [1.54, 1.807) is 12.1 Å². The van der Waals surface area contributed by atoms with Crippen LogP contribution >= 0.6 is 0 Å². The Balaban J connectivity index is 1.47. The average molecular weight is 386 g/mol. The van der Waals surface area contributed by atoms with Crippen LogP contribution in [0.2, 0.25) is 0 Å². The number of nitrogens with two attached hydrogens (primary N) is 1. The Bertz CT molecular complexity index is 1050. The average Bonchev–Trinajstić information content (AvgIpc) is 3.15. The number of hydrogen-bond acceptors (Lipinski definition) is 2. The van der Waals surface area contributed by atoms with Crippen molar-refractivity contribution in [3.63, 3.8) is 0 Å². The Labute approximate surface area is 169 Å². The van der Waals surface area contributed by atoms with Gasteiger partial charge in [-0.25, -0.2) is 9.38 Å². The summed E-state index contributed by atoms with van der Waals surface area (Å²) in [5.41, 5.74) is 11.5. The first kappa shape index (κ1) is 19.0. The van der Waals surface area contributed by atoms with Gasteiger partial charge in [0, 0.05) is 23.7 Å². The number of benzene rings is 3. The van der Waals surface area contributed by atoms with Crippen LogP contribution in [0.4, 0.5) is 4.39 Å². The monoisotopic (exact) mass is 386 g/mol. The van der Waals surface area contributed by atoms with Gasteiger partial charge in [0.25, 0.3) is 0 Å². The number of nitrogens with one attached hydrogen (secondary N) is 2. The Morgan fingerprint density at radius 3 is 2.52 bits per heavy atom. The van der Waals surface area contributed by atoms with Gasteiger partial charge in [0.15, 0.2) is 0 Å². The summed E-state index contributed by atoms with van der Waals surface area (Å²) in [4.78, 5) is 3.69. The van der Waals surface area contributed by atoms with Crippen LogP contribution < -0.4 is 11.1 Å². The molecule has 0 aromatic heterocycles. The van der Waals surface area contributed by atoms with Gasteiger partial charge in [0.05, 0.1) is 0 Å². The fraction of sp³-hybridized carbons (Fsp3) is 0.167. The molecule has 0 radical (unpaired) electrons. The number of nitrogens with zero attached hydrogens (tertiary/aromatic N) is 1. The molecule has 0 aliphatic heterocycles. The summed E-state index contributed by atoms with van der Waals surface area (Å²) in [6, 6.07) is 21.7. The van der Waals surface area contributed by atoms with E-state index in [9.17, 15) is 4.39 Å². The molecule has 146 valence electrons. The number of hydrogen-bond donors (Lipinski definition) is 3. The van der Waals surface area contributed by atoms with Crippen LogP contribution in [0, 0.1) is 11.2 Å². The molecular formula is C24H23FN4. The zero-order valence-corrected chi connectivity index (χ0v) is 16.0. The lowest BCUT2D eigenvalue weighted by atomic mass is 10.0. The first-order valence-corrected chi connectivity index (χ1v) is 9.65. The second-order valence-corrected chi connectivity index (χ2v) is 7.29. The minimum absolute atomic E-state index is 0.126. The van der Waals surface area contributed by atoms with E-state index in [1.807, 2.05) is 18.2 Å². The fourth-order valence-electron chi connectivity index (χ4n) is 3.87. The SMILES string of the molecule is N=CN=C(N)c1ccc(-c2cccc(CNC3Cc4ccccc4C3)c2)c(F)c1. The van der Waals surface area contributed by atoms with Crippen molar-refractivity contribution in [3.8, 4) is 11.1 Å². The van der Waals surface area contributed by atoms with Gasteiger partial charge in [-0.2, -0.15) is 0 Å². The van der Waals surface area contributed by atoms with E-state index >= 15 is 0 Å². The molecule has 0 unspecified atom stereocenters. The van der Waals surface area contributed by atoms with Crippen molar-refractivity contribution in [2.24, 2.45) is 10.7 Å². The Morgan fingerprint density at radius 1 is 1.07 bits per heavy atom. The molecule has 0 saturated carbocycles. The second-order valence-electron chi connectivity index (χ2n) is 7.29. The summed E-state index contributed by atoms with van der Waals surface area (Å²) in [6.07, 6.45) is 2.94. The third kappa shape index (κ3) is 4.25. The van der Waals surface area contributed by atoms with Crippen molar-refractivity contribution in [1.82, 2.24) is 5.32 Å². The highest BCUT2D eigenvalue weighted by atomic mass is 19.1. The van der Waals surface area contributed by atoms with E-state index in [4.69, 9.17) is 11.1 Å². The van der Waals surface area contributed by atoms with Gasteiger partial charge in [-0.3, -0.25) is 5.41 Å². The highest BCUT2D eigenvalue weighted by molar-refractivity contribution is 6.01. The molecule has 4 rings (SSSR count). The predicted molar refractivity (Wildman–Crippen MR) is 116 cm³/mol. The van der Waals surface area contributed by atoms with Gasteiger partial charge in [-0.05, 0) is 47.2 Å². The summed E-state index contributed by atoms with van der Waals surface area (Å²) in [6.45, 7) is 0.741. The lowest BCUT2D eigenvalue weighted by Crippen LogP contribution is -2.28. The van der Waals surface area contributed by atoms with E-state index < -0.39 is 0 Å². The number of aliphatic imine (C=N–C) groups is 1. The topological polar surface area (TPSA) is 74.3 Å². The lowest BCUT2D eigenvalue weighted by molar-refractivity contribution is 0.533. The number of rotatable bonds is 6. The van der Waals surface area contributed by atoms with Crippen LogP contribution in [0.3, 0.4) is 0 Å². The van der Waals surface area contributed by atoms with Crippen LogP contribution in [0.25, 0.3) is 11.1 Å². The lowest BCUT2D eigenvalue weighted by Gasteiger charge is -2.13. The first-order chi connectivity index (χ1) is 14.1. The van der Waals surface area contributed by atoms with Gasteiger partial charge >= 0.3 is 0 Å². The van der Waals surface area contributed by atoms with Crippen molar-refractivity contribution in [2.75, 3.05) is 0 Å². The molecule has 5 heteroatoms. The molecule has 4 nitrogen and oxygen atoms in total. The summed E-state index contributed by atoms with van der Waals surface area (Å²) >= 11 is 0. The highest BCUT2D eigenvalue weighted by Gasteiger charge is 2.20. The maximum atomic E-state index is 14.7. The molecule has 0 amide bonds. The summed E-state index contributed by atoms with van der Waals surface area (Å²) < 4.78 is 14.7. The van der Waals surface area contributed by atoms with Crippen LogP contribution in [0.5, 0.6) is 0 Å². The molecule has 0 fully saturated rings. The Hall–Kier alpha value is -3.31. The van der Waals surface area contributed by atoms with Crippen LogP contribution in [-0.4, -0.2) is 18.2 Å². The summed E-state index contributed by atoms with van der Waals surface area (Å²) in [5, 5.41) is 10.6. The molecule has 3 aromatic rings. The van der Waals surface area contributed by atoms with Gasteiger partial charge in [0.1, 0.15) is 18.0 Å². The molecular weight excluding hydrogens is 363 g/mol. The van der Waals surface area contributed by atoms with Crippen LogP contribution in [0.15, 0.2) is 71.7 Å².